The summed E-state index contributed by atoms with van der Waals surface area (Å²) >= 11 is 0. The molecule has 1 saturated heterocycles. The molecule has 92 valence electrons. The molecule has 3 heteroatoms. The molecule has 1 atom stereocenters. The van der Waals surface area contributed by atoms with Gasteiger partial charge in [0.1, 0.15) is 0 Å². The molecular weight excluding hydrogens is 210 g/mol. The molecule has 0 radical (unpaired) electrons. The predicted octanol–water partition coefficient (Wildman–Crippen LogP) is 1.92. The van der Waals surface area contributed by atoms with E-state index in [2.05, 4.69) is 39.8 Å². The summed E-state index contributed by atoms with van der Waals surface area (Å²) in [5.41, 5.74) is 2.67. The fourth-order valence-corrected chi connectivity index (χ4v) is 2.93. The van der Waals surface area contributed by atoms with E-state index < -0.39 is 0 Å². The number of rotatable bonds is 2. The second-order valence-corrected chi connectivity index (χ2v) is 5.10. The molecule has 0 bridgehead atoms. The lowest BCUT2D eigenvalue weighted by Gasteiger charge is -2.36. The lowest BCUT2D eigenvalue weighted by Crippen LogP contribution is -2.42. The van der Waals surface area contributed by atoms with Crippen molar-refractivity contribution >= 4 is 11.4 Å². The minimum Gasteiger partial charge on any atom is -0.382 e. The van der Waals surface area contributed by atoms with Crippen LogP contribution in [0.1, 0.15) is 12.8 Å². The largest absolute Gasteiger partial charge is 0.382 e. The molecule has 0 amide bonds. The van der Waals surface area contributed by atoms with Gasteiger partial charge >= 0.3 is 0 Å². The Morgan fingerprint density at radius 1 is 1.24 bits per heavy atom. The average Bonchev–Trinajstić information content (AvgIpc) is 2.40. The van der Waals surface area contributed by atoms with E-state index in [0.29, 0.717) is 0 Å². The Hall–Kier alpha value is -1.22. The van der Waals surface area contributed by atoms with Gasteiger partial charge < -0.3 is 15.5 Å². The van der Waals surface area contributed by atoms with E-state index in [0.717, 1.165) is 19.0 Å². The van der Waals surface area contributed by atoms with Crippen molar-refractivity contribution in [3.05, 3.63) is 24.3 Å². The molecule has 0 saturated carbocycles. The van der Waals surface area contributed by atoms with Crippen molar-refractivity contribution in [3.8, 4) is 0 Å². The molecule has 2 heterocycles. The molecule has 2 aliphatic heterocycles. The van der Waals surface area contributed by atoms with Crippen LogP contribution in [0.4, 0.5) is 11.4 Å². The van der Waals surface area contributed by atoms with Crippen LogP contribution in [0.15, 0.2) is 24.3 Å². The lowest BCUT2D eigenvalue weighted by atomic mass is 9.98. The quantitative estimate of drug-likeness (QED) is 0.814. The first-order chi connectivity index (χ1) is 8.43. The van der Waals surface area contributed by atoms with E-state index in [1.54, 1.807) is 0 Å². The number of para-hydroxylation sites is 2. The summed E-state index contributed by atoms with van der Waals surface area (Å²) < 4.78 is 0. The zero-order chi connectivity index (χ0) is 11.5. The molecule has 1 aromatic rings. The van der Waals surface area contributed by atoms with Crippen molar-refractivity contribution < 1.29 is 0 Å². The summed E-state index contributed by atoms with van der Waals surface area (Å²) in [6.45, 7) is 5.79. The van der Waals surface area contributed by atoms with Crippen LogP contribution in [0.2, 0.25) is 0 Å². The number of nitrogens with one attached hydrogen (secondary N) is 2. The van der Waals surface area contributed by atoms with E-state index in [1.807, 2.05) is 0 Å². The highest BCUT2D eigenvalue weighted by atomic mass is 15.2. The Balaban J connectivity index is 1.71. The zero-order valence-electron chi connectivity index (χ0n) is 10.3. The van der Waals surface area contributed by atoms with Gasteiger partial charge in [-0.05, 0) is 44.0 Å². The summed E-state index contributed by atoms with van der Waals surface area (Å²) in [4.78, 5) is 2.55. The van der Waals surface area contributed by atoms with E-state index in [4.69, 9.17) is 0 Å². The molecular formula is C14H21N3. The van der Waals surface area contributed by atoms with Gasteiger partial charge in [0.25, 0.3) is 0 Å². The molecule has 0 aromatic heterocycles. The van der Waals surface area contributed by atoms with Gasteiger partial charge in [-0.2, -0.15) is 0 Å². The predicted molar refractivity (Wildman–Crippen MR) is 72.7 cm³/mol. The molecule has 3 nitrogen and oxygen atoms in total. The molecule has 2 N–H and O–H groups in total. The molecule has 1 aromatic carbocycles. The third-order valence-electron chi connectivity index (χ3n) is 3.82. The van der Waals surface area contributed by atoms with Gasteiger partial charge in [0, 0.05) is 19.6 Å². The van der Waals surface area contributed by atoms with E-state index >= 15 is 0 Å². The Morgan fingerprint density at radius 2 is 2.18 bits per heavy atom. The van der Waals surface area contributed by atoms with Crippen molar-refractivity contribution in [2.24, 2.45) is 5.92 Å². The molecule has 17 heavy (non-hydrogen) atoms. The fraction of sp³-hybridized carbons (Fsp3) is 0.571. The number of nitrogens with zero attached hydrogens (tertiary/aromatic N) is 1. The van der Waals surface area contributed by atoms with Gasteiger partial charge in [-0.15, -0.1) is 0 Å². The Morgan fingerprint density at radius 3 is 3.06 bits per heavy atom. The van der Waals surface area contributed by atoms with Crippen molar-refractivity contribution in [1.29, 1.82) is 0 Å². The molecule has 0 aliphatic carbocycles. The second kappa shape index (κ2) is 4.96. The Kier molecular flexibility index (Phi) is 3.18. The third kappa shape index (κ3) is 2.39. The van der Waals surface area contributed by atoms with Gasteiger partial charge in [0.05, 0.1) is 11.4 Å². The van der Waals surface area contributed by atoms with Crippen molar-refractivity contribution in [3.63, 3.8) is 0 Å². The highest BCUT2D eigenvalue weighted by molar-refractivity contribution is 5.71. The van der Waals surface area contributed by atoms with Crippen molar-refractivity contribution in [1.82, 2.24) is 5.32 Å². The number of benzene rings is 1. The maximum atomic E-state index is 3.51. The topological polar surface area (TPSA) is 27.3 Å². The van der Waals surface area contributed by atoms with Crippen molar-refractivity contribution in [2.45, 2.75) is 12.8 Å². The summed E-state index contributed by atoms with van der Waals surface area (Å²) in [5, 5.41) is 6.98. The highest BCUT2D eigenvalue weighted by Gasteiger charge is 2.20. The Labute approximate surface area is 103 Å². The first-order valence-electron chi connectivity index (χ1n) is 6.72. The van der Waals surface area contributed by atoms with Gasteiger partial charge in [-0.3, -0.25) is 0 Å². The van der Waals surface area contributed by atoms with Crippen LogP contribution in [0.3, 0.4) is 0 Å². The SMILES string of the molecule is c1ccc2c(c1)NCCN2CC1CCCNC1. The number of hydrogen-bond acceptors (Lipinski definition) is 3. The van der Waals surface area contributed by atoms with Crippen molar-refractivity contribution in [2.75, 3.05) is 42.9 Å². The maximum absolute atomic E-state index is 3.51. The lowest BCUT2D eigenvalue weighted by molar-refractivity contribution is 0.377. The summed E-state index contributed by atoms with van der Waals surface area (Å²) in [5.74, 6) is 0.815. The van der Waals surface area contributed by atoms with Crippen LogP contribution < -0.4 is 15.5 Å². The molecule has 3 rings (SSSR count). The first kappa shape index (κ1) is 10.9. The fourth-order valence-electron chi connectivity index (χ4n) is 2.93. The van der Waals surface area contributed by atoms with Gasteiger partial charge in [-0.25, -0.2) is 0 Å². The normalized spacial score (nSPS) is 24.0. The van der Waals surface area contributed by atoms with E-state index in [1.165, 1.54) is 43.9 Å². The Bertz CT molecular complexity index is 371. The second-order valence-electron chi connectivity index (χ2n) is 5.10. The number of hydrogen-bond donors (Lipinski definition) is 2. The maximum Gasteiger partial charge on any atom is 0.0602 e. The van der Waals surface area contributed by atoms with E-state index in [-0.39, 0.29) is 0 Å². The van der Waals surface area contributed by atoms with Crippen LogP contribution in [0, 0.1) is 5.92 Å². The van der Waals surface area contributed by atoms with Crippen LogP contribution in [-0.4, -0.2) is 32.7 Å². The zero-order valence-corrected chi connectivity index (χ0v) is 10.3. The van der Waals surface area contributed by atoms with Crippen LogP contribution >= 0.6 is 0 Å². The summed E-state index contributed by atoms with van der Waals surface area (Å²) in [6.07, 6.45) is 2.71. The minimum absolute atomic E-state index is 0.815. The third-order valence-corrected chi connectivity index (χ3v) is 3.82. The van der Waals surface area contributed by atoms with Gasteiger partial charge in [0.2, 0.25) is 0 Å². The molecule has 1 unspecified atom stereocenters. The standard InChI is InChI=1S/C14H21N3/c1-2-6-14-13(5-1)16-8-9-17(14)11-12-4-3-7-15-10-12/h1-2,5-6,12,15-16H,3-4,7-11H2. The number of anilines is 2. The van der Waals surface area contributed by atoms with Crippen LogP contribution in [-0.2, 0) is 0 Å². The number of piperidine rings is 1. The van der Waals surface area contributed by atoms with Crippen LogP contribution in [0.5, 0.6) is 0 Å². The first-order valence-corrected chi connectivity index (χ1v) is 6.72. The smallest absolute Gasteiger partial charge is 0.0602 e. The van der Waals surface area contributed by atoms with Gasteiger partial charge in [-0.1, -0.05) is 12.1 Å². The summed E-state index contributed by atoms with van der Waals surface area (Å²) in [6, 6.07) is 8.66. The minimum atomic E-state index is 0.815. The number of fused-ring (bicyclic) bond motifs is 1. The summed E-state index contributed by atoms with van der Waals surface area (Å²) in [7, 11) is 0. The molecule has 0 spiro atoms. The van der Waals surface area contributed by atoms with Crippen LogP contribution in [0.25, 0.3) is 0 Å². The van der Waals surface area contributed by atoms with E-state index in [9.17, 15) is 0 Å². The average molecular weight is 231 g/mol. The monoisotopic (exact) mass is 231 g/mol. The molecule has 1 fully saturated rings. The van der Waals surface area contributed by atoms with Gasteiger partial charge in [0.15, 0.2) is 0 Å². The highest BCUT2D eigenvalue weighted by Crippen LogP contribution is 2.29. The molecule has 2 aliphatic rings.